The molecule has 622 valence electrons. The van der Waals surface area contributed by atoms with Crippen LogP contribution in [0.3, 0.4) is 0 Å². The maximum absolute atomic E-state index is 15.1. The third-order valence-corrected chi connectivity index (χ3v) is 22.7. The number of unbranched alkanes of at least 4 members (excludes halogenated alkanes) is 2. The molecule has 1 unspecified atom stereocenters. The van der Waals surface area contributed by atoms with Crippen LogP contribution < -0.4 is 37.6 Å². The average Bonchev–Trinajstić information content (AvgIpc) is 1.69. The number of imide groups is 2. The van der Waals surface area contributed by atoms with E-state index in [1.807, 2.05) is 41.5 Å². The molecule has 1 saturated carbocycles. The molecule has 3 heterocycles. The van der Waals surface area contributed by atoms with Gasteiger partial charge < -0.3 is 71.2 Å². The van der Waals surface area contributed by atoms with Gasteiger partial charge in [-0.25, -0.2) is 23.2 Å². The number of nitrogens with zero attached hydrogens (tertiary/aromatic N) is 5. The summed E-state index contributed by atoms with van der Waals surface area (Å²) in [4.78, 5) is 198. The second-order valence-electron chi connectivity index (χ2n) is 30.9. The molecule has 4 aliphatic rings. The Balaban J connectivity index is 1.05. The van der Waals surface area contributed by atoms with E-state index < -0.39 is 148 Å². The van der Waals surface area contributed by atoms with E-state index in [9.17, 15) is 71.1 Å². The molecule has 2 aromatic carbocycles. The largest absolute Gasteiger partial charge is 0.508 e. The molecule has 31 nitrogen and oxygen atoms in total. The number of methoxy groups -OCH3 is 2. The van der Waals surface area contributed by atoms with E-state index in [1.54, 1.807) is 58.9 Å². The predicted octanol–water partition coefficient (Wildman–Crippen LogP) is 5.81. The zero-order chi connectivity index (χ0) is 83.0. The van der Waals surface area contributed by atoms with E-state index in [2.05, 4.69) is 31.9 Å². The normalized spacial score (nSPS) is 19.1. The third kappa shape index (κ3) is 26.3. The van der Waals surface area contributed by atoms with Gasteiger partial charge in [0.05, 0.1) is 60.9 Å². The molecule has 112 heavy (non-hydrogen) atoms. The Hall–Kier alpha value is -8.89. The summed E-state index contributed by atoms with van der Waals surface area (Å²) >= 11 is 1.29. The van der Waals surface area contributed by atoms with Gasteiger partial charge in [0.1, 0.15) is 42.5 Å². The molecule has 1 aliphatic carbocycles. The number of likely N-dealkylation sites (tertiary alicyclic amines) is 2. The number of rotatable bonds is 45. The van der Waals surface area contributed by atoms with Crippen LogP contribution in [0.1, 0.15) is 170 Å². The second-order valence-corrected chi connectivity index (χ2v) is 32.1. The zero-order valence-corrected chi connectivity index (χ0v) is 67.8. The van der Waals surface area contributed by atoms with Crippen molar-refractivity contribution >= 4 is 101 Å². The lowest BCUT2D eigenvalue weighted by molar-refractivity contribution is -0.198. The van der Waals surface area contributed by atoms with Gasteiger partial charge in [-0.05, 0) is 118 Å². The lowest BCUT2D eigenvalue weighted by Gasteiger charge is -2.41. The number of hydrogen-bond donors (Lipinski definition) is 7. The SMILES string of the molecule is CC[C@H](C)[C@@H]([C@@H](CC(=O)N1C[C@@H](OC(=O)OCc2ccc(NC(=O)[C@H](CCCNC(N)=O)NC(=O)[C@@H](NC(=O)CCCCCN3C(=O)CC(SCC4(CC(=O)ON5C(=O)CCC5=O)CC4)C3=O)C(C)C)cc2)C[C@H]1[C@H](OC)[C@@H](C)C(=O)NCCc1c(F)cccc1F)OC)N(C)C(=O)[C@@H](NC(=O)[C@H](C(C)C)N(C)C)C(C)C. The Morgan fingerprint density at radius 1 is 0.732 bits per heavy atom. The minimum absolute atomic E-state index is 0.00436. The summed E-state index contributed by atoms with van der Waals surface area (Å²) in [5.41, 5.74) is 5.34. The Kier molecular flexibility index (Phi) is 35.6. The van der Waals surface area contributed by atoms with Crippen molar-refractivity contribution in [2.24, 2.45) is 40.7 Å². The molecular weight excluding hydrogens is 1480 g/mol. The Morgan fingerprint density at radius 2 is 1.38 bits per heavy atom. The number of hydroxylamine groups is 2. The number of thioether (sulfide) groups is 1. The molecule has 34 heteroatoms. The van der Waals surface area contributed by atoms with Crippen LogP contribution in [0.5, 0.6) is 0 Å². The zero-order valence-electron chi connectivity index (χ0n) is 67.0. The van der Waals surface area contributed by atoms with Crippen molar-refractivity contribution in [3.63, 3.8) is 0 Å². The number of hydrogen-bond acceptors (Lipinski definition) is 21. The molecule has 0 radical (unpaired) electrons. The van der Waals surface area contributed by atoms with E-state index in [1.165, 1.54) is 58.9 Å². The Bertz CT molecular complexity index is 3600. The van der Waals surface area contributed by atoms with Gasteiger partial charge in [0.2, 0.25) is 53.2 Å². The van der Waals surface area contributed by atoms with E-state index in [4.69, 9.17) is 29.5 Å². The van der Waals surface area contributed by atoms with Crippen LogP contribution in [0.4, 0.5) is 24.1 Å². The van der Waals surface area contributed by atoms with Crippen molar-refractivity contribution in [1.29, 1.82) is 0 Å². The topological polar surface area (TPSA) is 400 Å². The number of likely N-dealkylation sites (N-methyl/N-ethyl adjacent to an activating group) is 2. The molecule has 8 N–H and O–H groups in total. The monoisotopic (exact) mass is 1590 g/mol. The van der Waals surface area contributed by atoms with Crippen LogP contribution in [-0.4, -0.2) is 235 Å². The van der Waals surface area contributed by atoms with Gasteiger partial charge in [-0.2, -0.15) is 0 Å². The van der Waals surface area contributed by atoms with Gasteiger partial charge in [0.25, 0.3) is 11.8 Å². The van der Waals surface area contributed by atoms with Crippen molar-refractivity contribution < 1.29 is 99.7 Å². The van der Waals surface area contributed by atoms with E-state index in [-0.39, 0.29) is 150 Å². The molecule has 3 aliphatic heterocycles. The number of amides is 13. The van der Waals surface area contributed by atoms with Crippen LogP contribution in [0.2, 0.25) is 0 Å². The van der Waals surface area contributed by atoms with Crippen molar-refractivity contribution in [3.8, 4) is 0 Å². The number of benzene rings is 2. The number of urea groups is 1. The van der Waals surface area contributed by atoms with Crippen molar-refractivity contribution in [1.82, 2.24) is 51.2 Å². The minimum atomic E-state index is -1.19. The van der Waals surface area contributed by atoms with Gasteiger partial charge in [-0.3, -0.25) is 62.5 Å². The minimum Gasteiger partial charge on any atom is -0.429 e. The molecule has 0 aromatic heterocycles. The van der Waals surface area contributed by atoms with Gasteiger partial charge in [0.15, 0.2) is 0 Å². The fraction of sp³-hybridized carbons (Fsp3) is 0.667. The summed E-state index contributed by atoms with van der Waals surface area (Å²) in [6, 6.07) is 3.49. The lowest BCUT2D eigenvalue weighted by atomic mass is 9.89. The van der Waals surface area contributed by atoms with Crippen LogP contribution >= 0.6 is 11.8 Å². The van der Waals surface area contributed by atoms with E-state index in [0.717, 1.165) is 12.1 Å². The summed E-state index contributed by atoms with van der Waals surface area (Å²) in [6.07, 6.45) is -1.31. The van der Waals surface area contributed by atoms with E-state index in [0.29, 0.717) is 54.9 Å². The first-order valence-corrected chi connectivity index (χ1v) is 39.7. The Morgan fingerprint density at radius 3 is 1.96 bits per heavy atom. The van der Waals surface area contributed by atoms with Crippen molar-refractivity contribution in [3.05, 3.63) is 65.2 Å². The number of carbonyl (C=O) groups excluding carboxylic acids is 14. The second kappa shape index (κ2) is 43.4. The summed E-state index contributed by atoms with van der Waals surface area (Å²) in [5, 5.41) is 16.3. The highest BCUT2D eigenvalue weighted by atomic mass is 32.2. The van der Waals surface area contributed by atoms with Gasteiger partial charge in [-0.15, -0.1) is 16.8 Å². The fourth-order valence-electron chi connectivity index (χ4n) is 14.4. The molecule has 13 amide bonds. The highest BCUT2D eigenvalue weighted by molar-refractivity contribution is 8.00. The highest BCUT2D eigenvalue weighted by Crippen LogP contribution is 2.52. The number of anilines is 1. The first kappa shape index (κ1) is 92.0. The smallest absolute Gasteiger partial charge is 0.429 e. The number of nitrogens with one attached hydrogen (secondary N) is 6. The predicted molar refractivity (Wildman–Crippen MR) is 409 cm³/mol. The fourth-order valence-corrected chi connectivity index (χ4v) is 15.9. The van der Waals surface area contributed by atoms with Crippen LogP contribution in [-0.2, 0) is 94.3 Å². The van der Waals surface area contributed by atoms with Crippen LogP contribution in [0.15, 0.2) is 42.5 Å². The summed E-state index contributed by atoms with van der Waals surface area (Å²) < 4.78 is 52.7. The quantitative estimate of drug-likeness (QED) is 0.0233. The highest BCUT2D eigenvalue weighted by Gasteiger charge is 2.50. The maximum Gasteiger partial charge on any atom is 0.508 e. The van der Waals surface area contributed by atoms with Crippen LogP contribution in [0.25, 0.3) is 0 Å². The number of carbonyl (C=O) groups is 14. The molecule has 4 fully saturated rings. The first-order chi connectivity index (χ1) is 52.9. The molecule has 12 atom stereocenters. The van der Waals surface area contributed by atoms with Gasteiger partial charge >= 0.3 is 18.2 Å². The summed E-state index contributed by atoms with van der Waals surface area (Å²) in [6.45, 7) is 15.9. The third-order valence-electron chi connectivity index (χ3n) is 21.1. The van der Waals surface area contributed by atoms with Gasteiger partial charge in [-0.1, -0.05) is 93.4 Å². The first-order valence-electron chi connectivity index (χ1n) is 38.6. The van der Waals surface area contributed by atoms with Crippen LogP contribution in [0, 0.1) is 46.6 Å². The molecule has 3 saturated heterocycles. The maximum atomic E-state index is 15.1. The van der Waals surface area contributed by atoms with Gasteiger partial charge in [0, 0.05) is 90.0 Å². The summed E-state index contributed by atoms with van der Waals surface area (Å²) in [5.74, 6) is -9.27. The molecular formula is C78H116F2N12O19S. The summed E-state index contributed by atoms with van der Waals surface area (Å²) in [7, 11) is 7.99. The molecule has 0 bridgehead atoms. The molecule has 0 spiro atoms. The number of ether oxygens (including phenoxy) is 4. The van der Waals surface area contributed by atoms with E-state index >= 15 is 4.79 Å². The Labute approximate surface area is 658 Å². The molecule has 6 rings (SSSR count). The number of nitrogens with two attached hydrogens (primary N) is 1. The molecule has 2 aromatic rings. The number of primary amides is 1. The van der Waals surface area contributed by atoms with Crippen molar-refractivity contribution in [2.75, 3.05) is 72.6 Å². The van der Waals surface area contributed by atoms with Crippen molar-refractivity contribution in [2.45, 2.75) is 231 Å². The number of halogens is 2. The standard InChI is InChI=1S/C78H116F2N12O19S/c1-15-47(8)68(89(12)75(104)66(45(4)5)87-73(102)67(46(6)7)88(10)11)57(107-13)38-62(96)91-41-51(37-56(91)69(108-14)48(9)70(99)82-35-31-52-53(79)21-19-22-54(52)80)110-77(106)109-42-49-25-27-50(28-26-49)84-71(100)55(23-20-34-83-76(81)105)85-72(101)65(44(2)3)86-59(93)24-17-16-18-36-90-63(97)39-58(74(90)103)112-43-78(32-33-78)40-64(98)111-92-60(94)29-30-61(92)95/h19,21-22,25-28,44-48,51,55-58,65-69H,15-18,20,23-24,29-43H2,1-14H3,(H,82,99)(H,84,100)(H,85,101)(H,86,93)(H,87,102)(H3,81,83,105)/t47-,48+,51-,55-,56-,57+,58?,65-,66-,67-,68-,69+/m0/s1. The average molecular weight is 1600 g/mol. The lowest BCUT2D eigenvalue weighted by Crippen LogP contribution is -2.59.